The lowest BCUT2D eigenvalue weighted by atomic mass is 10.0. The second-order valence-electron chi connectivity index (χ2n) is 6.14. The Morgan fingerprint density at radius 3 is 2.58 bits per heavy atom. The molecule has 0 saturated carbocycles. The molecule has 1 unspecified atom stereocenters. The van der Waals surface area contributed by atoms with Crippen LogP contribution in [-0.2, 0) is 10.4 Å². The number of fused-ring (bicyclic) bond motifs is 1. The Bertz CT molecular complexity index is 867. The normalized spacial score (nSPS) is 13.2. The van der Waals surface area contributed by atoms with Crippen LogP contribution < -0.4 is 14.8 Å². The fraction of sp³-hybridized carbons (Fsp3) is 0.250. The first-order chi connectivity index (χ1) is 12.5. The lowest BCUT2D eigenvalue weighted by Gasteiger charge is -2.21. The van der Waals surface area contributed by atoms with Crippen LogP contribution >= 0.6 is 0 Å². The molecule has 0 fully saturated rings. The molecule has 0 aliphatic heterocycles. The molecule has 0 aliphatic rings. The van der Waals surface area contributed by atoms with Crippen LogP contribution in [-0.4, -0.2) is 31.3 Å². The van der Waals surface area contributed by atoms with Crippen molar-refractivity contribution in [3.05, 3.63) is 60.4 Å². The minimum atomic E-state index is -1.33. The van der Waals surface area contributed by atoms with E-state index in [9.17, 15) is 9.90 Å². The number of carbonyl (C=O) groups is 1. The number of furan rings is 1. The van der Waals surface area contributed by atoms with Crippen LogP contribution in [0, 0.1) is 0 Å². The molecule has 1 amide bonds. The molecule has 6 heteroatoms. The van der Waals surface area contributed by atoms with Crippen molar-refractivity contribution in [3.63, 3.8) is 0 Å². The molecule has 0 saturated heterocycles. The zero-order valence-corrected chi connectivity index (χ0v) is 14.7. The van der Waals surface area contributed by atoms with Gasteiger partial charge >= 0.3 is 0 Å². The summed E-state index contributed by atoms with van der Waals surface area (Å²) in [5.74, 6) is 1.07. The highest BCUT2D eigenvalue weighted by Gasteiger charge is 2.28. The average molecular weight is 355 g/mol. The van der Waals surface area contributed by atoms with E-state index in [1.54, 1.807) is 31.2 Å². The Balaban J connectivity index is 1.57. The SMILES string of the molecule is COc1ccccc1OCC(=O)NCC(C)(O)c1cc2ccccc2o1. The Kier molecular flexibility index (Phi) is 5.14. The molecule has 2 N–H and O–H groups in total. The quantitative estimate of drug-likeness (QED) is 0.681. The molecule has 0 aliphatic carbocycles. The van der Waals surface area contributed by atoms with Crippen molar-refractivity contribution < 1.29 is 23.8 Å². The molecule has 2 aromatic carbocycles. The van der Waals surface area contributed by atoms with E-state index in [-0.39, 0.29) is 19.1 Å². The fourth-order valence-electron chi connectivity index (χ4n) is 2.54. The van der Waals surface area contributed by atoms with Crippen molar-refractivity contribution in [2.24, 2.45) is 0 Å². The summed E-state index contributed by atoms with van der Waals surface area (Å²) in [7, 11) is 1.53. The summed E-state index contributed by atoms with van der Waals surface area (Å²) in [6.45, 7) is 1.41. The van der Waals surface area contributed by atoms with E-state index >= 15 is 0 Å². The zero-order chi connectivity index (χ0) is 18.6. The number of rotatable bonds is 7. The Morgan fingerprint density at radius 1 is 1.15 bits per heavy atom. The maximum absolute atomic E-state index is 12.0. The van der Waals surface area contributed by atoms with Gasteiger partial charge in [-0.15, -0.1) is 0 Å². The molecular weight excluding hydrogens is 334 g/mol. The van der Waals surface area contributed by atoms with Crippen molar-refractivity contribution in [1.29, 1.82) is 0 Å². The number of hydrogen-bond acceptors (Lipinski definition) is 5. The summed E-state index contributed by atoms with van der Waals surface area (Å²) in [6.07, 6.45) is 0. The minimum absolute atomic E-state index is 0.000932. The van der Waals surface area contributed by atoms with Crippen LogP contribution in [0.3, 0.4) is 0 Å². The fourth-order valence-corrected chi connectivity index (χ4v) is 2.54. The molecular formula is C20H21NO5. The van der Waals surface area contributed by atoms with Crippen molar-refractivity contribution in [3.8, 4) is 11.5 Å². The van der Waals surface area contributed by atoms with Crippen LogP contribution in [0.4, 0.5) is 0 Å². The summed E-state index contributed by atoms with van der Waals surface area (Å²) in [4.78, 5) is 12.0. The van der Waals surface area contributed by atoms with Crippen molar-refractivity contribution >= 4 is 16.9 Å². The summed E-state index contributed by atoms with van der Waals surface area (Å²) < 4.78 is 16.3. The standard InChI is InChI=1S/C20H21NO5/c1-20(23,18-11-14-7-3-4-8-15(14)26-18)13-21-19(22)12-25-17-10-6-5-9-16(17)24-2/h3-11,23H,12-13H2,1-2H3,(H,21,22). The Morgan fingerprint density at radius 2 is 1.85 bits per heavy atom. The van der Waals surface area contributed by atoms with Crippen molar-refractivity contribution in [2.75, 3.05) is 20.3 Å². The highest BCUT2D eigenvalue weighted by molar-refractivity contribution is 5.79. The van der Waals surface area contributed by atoms with Gasteiger partial charge < -0.3 is 24.3 Å². The number of ether oxygens (including phenoxy) is 2. The van der Waals surface area contributed by atoms with E-state index in [0.29, 0.717) is 22.8 Å². The van der Waals surface area contributed by atoms with Gasteiger partial charge in [0, 0.05) is 5.39 Å². The van der Waals surface area contributed by atoms with Crippen LogP contribution in [0.2, 0.25) is 0 Å². The van der Waals surface area contributed by atoms with Gasteiger partial charge in [-0.2, -0.15) is 0 Å². The predicted molar refractivity (Wildman–Crippen MR) is 97.3 cm³/mol. The van der Waals surface area contributed by atoms with Crippen LogP contribution in [0.25, 0.3) is 11.0 Å². The smallest absolute Gasteiger partial charge is 0.258 e. The van der Waals surface area contributed by atoms with Gasteiger partial charge in [-0.05, 0) is 31.2 Å². The van der Waals surface area contributed by atoms with Gasteiger partial charge in [0.05, 0.1) is 13.7 Å². The van der Waals surface area contributed by atoms with E-state index in [1.807, 2.05) is 30.3 Å². The third kappa shape index (κ3) is 3.97. The van der Waals surface area contributed by atoms with E-state index in [2.05, 4.69) is 5.32 Å². The average Bonchev–Trinajstić information content (AvgIpc) is 3.10. The largest absolute Gasteiger partial charge is 0.493 e. The molecule has 136 valence electrons. The van der Waals surface area contributed by atoms with E-state index in [4.69, 9.17) is 13.9 Å². The molecule has 0 radical (unpaired) electrons. The number of hydrogen-bond donors (Lipinski definition) is 2. The van der Waals surface area contributed by atoms with Crippen LogP contribution in [0.5, 0.6) is 11.5 Å². The maximum atomic E-state index is 12.0. The highest BCUT2D eigenvalue weighted by atomic mass is 16.5. The third-order valence-corrected chi connectivity index (χ3v) is 4.01. The zero-order valence-electron chi connectivity index (χ0n) is 14.7. The van der Waals surface area contributed by atoms with E-state index < -0.39 is 5.60 Å². The number of methoxy groups -OCH3 is 1. The lowest BCUT2D eigenvalue weighted by molar-refractivity contribution is -0.124. The first-order valence-electron chi connectivity index (χ1n) is 8.23. The van der Waals surface area contributed by atoms with Crippen molar-refractivity contribution in [1.82, 2.24) is 5.32 Å². The van der Waals surface area contributed by atoms with Gasteiger partial charge in [0.2, 0.25) is 0 Å². The second kappa shape index (κ2) is 7.49. The van der Waals surface area contributed by atoms with Crippen molar-refractivity contribution in [2.45, 2.75) is 12.5 Å². The molecule has 0 spiro atoms. The molecule has 1 atom stereocenters. The first-order valence-corrected chi connectivity index (χ1v) is 8.23. The molecule has 1 heterocycles. The number of nitrogens with one attached hydrogen (secondary N) is 1. The Labute approximate surface area is 151 Å². The first kappa shape index (κ1) is 17.8. The van der Waals surface area contributed by atoms with Gasteiger partial charge in [0.25, 0.3) is 5.91 Å². The molecule has 6 nitrogen and oxygen atoms in total. The molecule has 3 rings (SSSR count). The number of amides is 1. The molecule has 3 aromatic rings. The summed E-state index contributed by atoms with van der Waals surface area (Å²) in [6, 6.07) is 16.3. The number of para-hydroxylation sites is 3. The van der Waals surface area contributed by atoms with Gasteiger partial charge in [-0.3, -0.25) is 4.79 Å². The highest BCUT2D eigenvalue weighted by Crippen LogP contribution is 2.28. The number of benzene rings is 2. The monoisotopic (exact) mass is 355 g/mol. The van der Waals surface area contributed by atoms with Crippen LogP contribution in [0.1, 0.15) is 12.7 Å². The maximum Gasteiger partial charge on any atom is 0.258 e. The number of carbonyl (C=O) groups excluding carboxylic acids is 1. The van der Waals surface area contributed by atoms with Gasteiger partial charge in [0.1, 0.15) is 16.9 Å². The van der Waals surface area contributed by atoms with E-state index in [0.717, 1.165) is 5.39 Å². The molecule has 1 aromatic heterocycles. The van der Waals surface area contributed by atoms with Crippen LogP contribution in [0.15, 0.2) is 59.0 Å². The second-order valence-corrected chi connectivity index (χ2v) is 6.14. The summed E-state index contributed by atoms with van der Waals surface area (Å²) >= 11 is 0. The topological polar surface area (TPSA) is 80.9 Å². The number of aliphatic hydroxyl groups is 1. The lowest BCUT2D eigenvalue weighted by Crippen LogP contribution is -2.40. The Hall–Kier alpha value is -2.99. The van der Waals surface area contributed by atoms with Gasteiger partial charge in [0.15, 0.2) is 18.1 Å². The molecule has 26 heavy (non-hydrogen) atoms. The summed E-state index contributed by atoms with van der Waals surface area (Å²) in [5, 5.41) is 14.2. The van der Waals surface area contributed by atoms with E-state index in [1.165, 1.54) is 7.11 Å². The van der Waals surface area contributed by atoms with Gasteiger partial charge in [-0.25, -0.2) is 0 Å². The predicted octanol–water partition coefficient (Wildman–Crippen LogP) is 2.84. The summed E-state index contributed by atoms with van der Waals surface area (Å²) in [5.41, 5.74) is -0.646. The molecule has 0 bridgehead atoms. The van der Waals surface area contributed by atoms with Gasteiger partial charge in [-0.1, -0.05) is 30.3 Å². The third-order valence-electron chi connectivity index (χ3n) is 4.01. The minimum Gasteiger partial charge on any atom is -0.493 e.